The van der Waals surface area contributed by atoms with E-state index in [1.807, 2.05) is 24.3 Å². The number of rotatable bonds is 5. The third-order valence-electron chi connectivity index (χ3n) is 7.26. The second-order valence-corrected chi connectivity index (χ2v) is 11.1. The molecule has 8 heteroatoms. The Hall–Kier alpha value is -2.65. The Balaban J connectivity index is 1.43. The van der Waals surface area contributed by atoms with Gasteiger partial charge in [0.15, 0.2) is 0 Å². The Morgan fingerprint density at radius 3 is 2.26 bits per heavy atom. The topological polar surface area (TPSA) is 60.9 Å². The molecule has 2 aliphatic rings. The molecule has 2 heterocycles. The first kappa shape index (κ1) is 24.1. The zero-order valence-corrected chi connectivity index (χ0v) is 20.0. The first-order valence-corrected chi connectivity index (χ1v) is 13.3. The third-order valence-corrected chi connectivity index (χ3v) is 9.14. The van der Waals surface area contributed by atoms with Crippen LogP contribution in [0.15, 0.2) is 77.7 Å². The minimum atomic E-state index is -3.78. The Labute approximate surface area is 204 Å². The van der Waals surface area contributed by atoms with Gasteiger partial charge in [-0.05, 0) is 60.8 Å². The van der Waals surface area contributed by atoms with E-state index < -0.39 is 15.8 Å². The van der Waals surface area contributed by atoms with Crippen molar-refractivity contribution in [2.24, 2.45) is 0 Å². The molecule has 0 spiro atoms. The van der Waals surface area contributed by atoms with E-state index in [1.165, 1.54) is 22.5 Å². The first-order chi connectivity index (χ1) is 16.9. The highest BCUT2D eigenvalue weighted by molar-refractivity contribution is 7.89. The first-order valence-electron chi connectivity index (χ1n) is 11.9. The summed E-state index contributed by atoms with van der Waals surface area (Å²) in [6.45, 7) is 1.45. The molecule has 2 saturated heterocycles. The van der Waals surface area contributed by atoms with Crippen LogP contribution in [0.4, 0.5) is 8.78 Å². The van der Waals surface area contributed by atoms with Crippen LogP contribution in [0.2, 0.25) is 0 Å². The van der Waals surface area contributed by atoms with Crippen LogP contribution < -0.4 is 0 Å². The Bertz CT molecular complexity index is 1280. The van der Waals surface area contributed by atoms with Gasteiger partial charge < -0.3 is 5.11 Å². The van der Waals surface area contributed by atoms with Gasteiger partial charge in [-0.3, -0.25) is 4.90 Å². The molecule has 0 amide bonds. The molecule has 35 heavy (non-hydrogen) atoms. The molecule has 0 bridgehead atoms. The van der Waals surface area contributed by atoms with Gasteiger partial charge in [-0.2, -0.15) is 4.31 Å². The molecule has 3 aromatic rings. The van der Waals surface area contributed by atoms with Gasteiger partial charge in [0.25, 0.3) is 0 Å². The molecule has 0 aromatic heterocycles. The lowest BCUT2D eigenvalue weighted by atomic mass is 9.74. The van der Waals surface area contributed by atoms with Crippen LogP contribution in [0.25, 0.3) is 11.1 Å². The van der Waals surface area contributed by atoms with E-state index in [1.54, 1.807) is 18.2 Å². The number of halogens is 2. The molecule has 5 nitrogen and oxygen atoms in total. The lowest BCUT2D eigenvalue weighted by molar-refractivity contribution is -0.0553. The van der Waals surface area contributed by atoms with Crippen molar-refractivity contribution in [2.75, 3.05) is 26.2 Å². The quantitative estimate of drug-likeness (QED) is 0.572. The second-order valence-electron chi connectivity index (χ2n) is 9.21. The van der Waals surface area contributed by atoms with Gasteiger partial charge in [-0.1, -0.05) is 42.5 Å². The smallest absolute Gasteiger partial charge is 0.243 e. The highest BCUT2D eigenvalue weighted by Crippen LogP contribution is 2.43. The standard InChI is InChI=1S/C27H28F2N2O3S/c28-21-11-13-22(14-12-21)35(33,34)30-15-3-4-16-31-25(17-30)27(26(31)18-32)20-9-7-19(8-10-20)23-5-1-2-6-24(23)29/h1-2,5-14,25-27,32H,3-4,15-18H2/t25-,26-,27-/m1/s1. The van der Waals surface area contributed by atoms with Crippen molar-refractivity contribution in [3.63, 3.8) is 0 Å². The number of aliphatic hydroxyl groups is 1. The predicted octanol–water partition coefficient (Wildman–Crippen LogP) is 4.25. The Kier molecular flexibility index (Phi) is 6.72. The van der Waals surface area contributed by atoms with Crippen LogP contribution in [-0.2, 0) is 10.0 Å². The number of sulfonamides is 1. The average Bonchev–Trinajstić information content (AvgIpc) is 2.84. The molecular weight excluding hydrogens is 470 g/mol. The highest BCUT2D eigenvalue weighted by Gasteiger charge is 2.50. The highest BCUT2D eigenvalue weighted by atomic mass is 32.2. The van der Waals surface area contributed by atoms with Gasteiger partial charge >= 0.3 is 0 Å². The van der Waals surface area contributed by atoms with E-state index in [9.17, 15) is 22.3 Å². The molecule has 184 valence electrons. The number of nitrogens with zero attached hydrogens (tertiary/aromatic N) is 2. The van der Waals surface area contributed by atoms with Crippen molar-refractivity contribution in [1.82, 2.24) is 9.21 Å². The molecule has 2 aliphatic heterocycles. The maximum absolute atomic E-state index is 14.2. The molecular formula is C27H28F2N2O3S. The van der Waals surface area contributed by atoms with Crippen molar-refractivity contribution < 1.29 is 22.3 Å². The van der Waals surface area contributed by atoms with Gasteiger partial charge in [0, 0.05) is 36.7 Å². The van der Waals surface area contributed by atoms with Crippen molar-refractivity contribution in [1.29, 1.82) is 0 Å². The summed E-state index contributed by atoms with van der Waals surface area (Å²) in [6, 6.07) is 19.0. The predicted molar refractivity (Wildman–Crippen MR) is 130 cm³/mol. The zero-order valence-electron chi connectivity index (χ0n) is 19.2. The third kappa shape index (κ3) is 4.51. The van der Waals surface area contributed by atoms with Crippen LogP contribution >= 0.6 is 0 Å². The molecule has 3 atom stereocenters. The van der Waals surface area contributed by atoms with Crippen molar-refractivity contribution in [2.45, 2.75) is 35.7 Å². The van der Waals surface area contributed by atoms with Gasteiger partial charge in [0.05, 0.1) is 11.5 Å². The van der Waals surface area contributed by atoms with Crippen molar-refractivity contribution in [3.05, 3.63) is 90.0 Å². The van der Waals surface area contributed by atoms with Gasteiger partial charge in [0.1, 0.15) is 11.6 Å². The average molecular weight is 499 g/mol. The van der Waals surface area contributed by atoms with Crippen molar-refractivity contribution >= 4 is 10.0 Å². The summed E-state index contributed by atoms with van der Waals surface area (Å²) in [7, 11) is -3.78. The van der Waals surface area contributed by atoms with E-state index in [-0.39, 0.29) is 41.9 Å². The molecule has 0 saturated carbocycles. The summed E-state index contributed by atoms with van der Waals surface area (Å²) >= 11 is 0. The SMILES string of the molecule is O=S(=O)(c1ccc(F)cc1)N1CCCCN2[C@H](CO)[C@H](c3ccc(-c4ccccc4F)cc3)[C@H]2C1. The van der Waals surface area contributed by atoms with Crippen LogP contribution in [0, 0.1) is 11.6 Å². The fourth-order valence-corrected chi connectivity index (χ4v) is 6.96. The summed E-state index contributed by atoms with van der Waals surface area (Å²) in [5, 5.41) is 10.2. The van der Waals surface area contributed by atoms with Crippen LogP contribution in [0.1, 0.15) is 24.3 Å². The molecule has 5 rings (SSSR count). The van der Waals surface area contributed by atoms with E-state index in [2.05, 4.69) is 4.90 Å². The number of hydrogen-bond donors (Lipinski definition) is 1. The summed E-state index contributed by atoms with van der Waals surface area (Å²) < 4.78 is 55.8. The lowest BCUT2D eigenvalue weighted by Crippen LogP contribution is -2.67. The number of hydrogen-bond acceptors (Lipinski definition) is 4. The molecule has 0 radical (unpaired) electrons. The molecule has 3 aromatic carbocycles. The Morgan fingerprint density at radius 1 is 0.886 bits per heavy atom. The van der Waals surface area contributed by atoms with Gasteiger partial charge in [0.2, 0.25) is 10.0 Å². The molecule has 0 unspecified atom stereocenters. The Morgan fingerprint density at radius 2 is 1.57 bits per heavy atom. The number of benzene rings is 3. The van der Waals surface area contributed by atoms with Crippen LogP contribution in [0.3, 0.4) is 0 Å². The van der Waals surface area contributed by atoms with Gasteiger partial charge in [-0.15, -0.1) is 0 Å². The fraction of sp³-hybridized carbons (Fsp3) is 0.333. The monoisotopic (exact) mass is 498 g/mol. The minimum absolute atomic E-state index is 0.0268. The zero-order chi connectivity index (χ0) is 24.6. The van der Waals surface area contributed by atoms with Crippen LogP contribution in [-0.4, -0.2) is 61.1 Å². The lowest BCUT2D eigenvalue weighted by Gasteiger charge is -2.57. The summed E-state index contributed by atoms with van der Waals surface area (Å²) in [6.07, 6.45) is 1.53. The van der Waals surface area contributed by atoms with E-state index >= 15 is 0 Å². The summed E-state index contributed by atoms with van der Waals surface area (Å²) in [5.74, 6) is -0.824. The minimum Gasteiger partial charge on any atom is -0.395 e. The fourth-order valence-electron chi connectivity index (χ4n) is 5.46. The number of aliphatic hydroxyl groups excluding tert-OH is 1. The molecule has 1 N–H and O–H groups in total. The van der Waals surface area contributed by atoms with E-state index in [4.69, 9.17) is 0 Å². The van der Waals surface area contributed by atoms with E-state index in [0.29, 0.717) is 18.5 Å². The number of fused-ring (bicyclic) bond motifs is 1. The molecule has 2 fully saturated rings. The van der Waals surface area contributed by atoms with E-state index in [0.717, 1.165) is 36.2 Å². The largest absolute Gasteiger partial charge is 0.395 e. The van der Waals surface area contributed by atoms with Crippen LogP contribution in [0.5, 0.6) is 0 Å². The van der Waals surface area contributed by atoms with Crippen molar-refractivity contribution in [3.8, 4) is 11.1 Å². The normalized spacial score (nSPS) is 23.7. The molecule has 0 aliphatic carbocycles. The summed E-state index contributed by atoms with van der Waals surface area (Å²) in [5.41, 5.74) is 2.28. The maximum Gasteiger partial charge on any atom is 0.243 e. The van der Waals surface area contributed by atoms with Gasteiger partial charge in [-0.25, -0.2) is 17.2 Å². The second kappa shape index (κ2) is 9.78. The maximum atomic E-state index is 14.2. The summed E-state index contributed by atoms with van der Waals surface area (Å²) in [4.78, 5) is 2.27.